The molecule has 2 nitrogen and oxygen atoms in total. The number of hydrogen-bond donors (Lipinski definition) is 0. The molecule has 2 aliphatic rings. The Balaban J connectivity index is 2.03. The number of carbonyl (C=O) groups is 1. The number of Topliss-reactive ketones (excluding diaryl/α,β-unsaturated/α-hetero) is 1. The van der Waals surface area contributed by atoms with Crippen LogP contribution in [0.5, 0.6) is 0 Å². The molecule has 11 heavy (non-hydrogen) atoms. The Kier molecular flexibility index (Phi) is 1.72. The van der Waals surface area contributed by atoms with E-state index in [1.807, 2.05) is 6.92 Å². The van der Waals surface area contributed by atoms with Crippen LogP contribution in [0.1, 0.15) is 26.2 Å². The minimum Gasteiger partial charge on any atom is -0.378 e. The molecule has 2 bridgehead atoms. The van der Waals surface area contributed by atoms with Crippen molar-refractivity contribution < 1.29 is 9.53 Å². The molecule has 0 heterocycles. The first-order chi connectivity index (χ1) is 5.33. The third kappa shape index (κ3) is 1.00. The molecular formula is C9H14O2. The molecule has 0 unspecified atom stereocenters. The van der Waals surface area contributed by atoms with Crippen LogP contribution in [-0.4, -0.2) is 18.5 Å². The van der Waals surface area contributed by atoms with Gasteiger partial charge in [0, 0.05) is 18.4 Å². The van der Waals surface area contributed by atoms with E-state index in [1.54, 1.807) is 0 Å². The van der Waals surface area contributed by atoms with Gasteiger partial charge in [-0.3, -0.25) is 4.79 Å². The number of rotatable bonds is 2. The Bertz CT molecular complexity index is 176. The maximum Gasteiger partial charge on any atom is 0.141 e. The van der Waals surface area contributed by atoms with Crippen molar-refractivity contribution in [2.75, 3.05) is 6.61 Å². The van der Waals surface area contributed by atoms with E-state index in [2.05, 4.69) is 0 Å². The normalized spacial score (nSPS) is 41.9. The van der Waals surface area contributed by atoms with Crippen LogP contribution in [0, 0.1) is 11.8 Å². The summed E-state index contributed by atoms with van der Waals surface area (Å²) in [5.74, 6) is 1.10. The van der Waals surface area contributed by atoms with Gasteiger partial charge in [-0.05, 0) is 26.2 Å². The van der Waals surface area contributed by atoms with Gasteiger partial charge >= 0.3 is 0 Å². The zero-order valence-corrected chi connectivity index (χ0v) is 6.88. The van der Waals surface area contributed by atoms with Gasteiger partial charge in [0.15, 0.2) is 0 Å². The Morgan fingerprint density at radius 1 is 1.55 bits per heavy atom. The van der Waals surface area contributed by atoms with Crippen LogP contribution in [0.25, 0.3) is 0 Å². The monoisotopic (exact) mass is 154 g/mol. The molecule has 0 spiro atoms. The second-order valence-electron chi connectivity index (χ2n) is 3.51. The van der Waals surface area contributed by atoms with Crippen molar-refractivity contribution >= 4 is 5.78 Å². The third-order valence-electron chi connectivity index (χ3n) is 2.94. The molecule has 0 aromatic heterocycles. The second-order valence-corrected chi connectivity index (χ2v) is 3.51. The van der Waals surface area contributed by atoms with E-state index in [-0.39, 0.29) is 12.0 Å². The first kappa shape index (κ1) is 7.29. The summed E-state index contributed by atoms with van der Waals surface area (Å²) in [4.78, 5) is 11.4. The number of carbonyl (C=O) groups excluding carboxylic acids is 1. The van der Waals surface area contributed by atoms with Gasteiger partial charge in [-0.1, -0.05) is 0 Å². The van der Waals surface area contributed by atoms with E-state index in [4.69, 9.17) is 4.74 Å². The van der Waals surface area contributed by atoms with Crippen LogP contribution in [0.4, 0.5) is 0 Å². The summed E-state index contributed by atoms with van der Waals surface area (Å²) in [7, 11) is 0. The third-order valence-corrected chi connectivity index (χ3v) is 2.94. The Morgan fingerprint density at radius 3 is 2.82 bits per heavy atom. The quantitative estimate of drug-likeness (QED) is 0.600. The van der Waals surface area contributed by atoms with Gasteiger partial charge in [0.05, 0.1) is 6.10 Å². The van der Waals surface area contributed by atoms with Crippen LogP contribution in [0.15, 0.2) is 0 Å². The molecule has 62 valence electrons. The summed E-state index contributed by atoms with van der Waals surface area (Å²) in [5.41, 5.74) is 0. The first-order valence-corrected chi connectivity index (χ1v) is 4.48. The molecule has 2 saturated carbocycles. The molecule has 0 aromatic rings. The summed E-state index contributed by atoms with van der Waals surface area (Å²) < 4.78 is 5.49. The van der Waals surface area contributed by atoms with Gasteiger partial charge in [-0.2, -0.15) is 0 Å². The first-order valence-electron chi connectivity index (χ1n) is 4.48. The molecule has 2 aliphatic carbocycles. The molecule has 0 radical (unpaired) electrons. The van der Waals surface area contributed by atoms with Crippen molar-refractivity contribution in [2.45, 2.75) is 32.3 Å². The van der Waals surface area contributed by atoms with Crippen molar-refractivity contribution in [1.82, 2.24) is 0 Å². The lowest BCUT2D eigenvalue weighted by atomic mass is 9.98. The molecule has 0 N–H and O–H groups in total. The predicted molar refractivity (Wildman–Crippen MR) is 41.3 cm³/mol. The van der Waals surface area contributed by atoms with E-state index in [9.17, 15) is 4.79 Å². The molecule has 2 rings (SSSR count). The standard InChI is InChI=1S/C9H14O2/c1-2-11-8-5-6-3-4-7(8)9(6)10/h6-8H,2-5H2,1H3/t6-,7+,8+/m1/s1. The minimum absolute atomic E-state index is 0.264. The number of ether oxygens (including phenoxy) is 1. The molecule has 0 aromatic carbocycles. The summed E-state index contributed by atoms with van der Waals surface area (Å²) in [6.45, 7) is 2.75. The fraction of sp³-hybridized carbons (Fsp3) is 0.889. The molecular weight excluding hydrogens is 140 g/mol. The van der Waals surface area contributed by atoms with Crippen molar-refractivity contribution in [1.29, 1.82) is 0 Å². The van der Waals surface area contributed by atoms with Crippen LogP contribution in [-0.2, 0) is 9.53 Å². The van der Waals surface area contributed by atoms with E-state index in [1.165, 1.54) is 0 Å². The van der Waals surface area contributed by atoms with E-state index < -0.39 is 0 Å². The van der Waals surface area contributed by atoms with Crippen molar-refractivity contribution in [2.24, 2.45) is 11.8 Å². The number of ketones is 1. The topological polar surface area (TPSA) is 26.3 Å². The average molecular weight is 154 g/mol. The summed E-state index contributed by atoms with van der Waals surface area (Å²) in [5, 5.41) is 0. The second kappa shape index (κ2) is 2.59. The van der Waals surface area contributed by atoms with Gasteiger partial charge in [-0.15, -0.1) is 0 Å². The summed E-state index contributed by atoms with van der Waals surface area (Å²) in [6.07, 6.45) is 3.46. The van der Waals surface area contributed by atoms with Crippen LogP contribution >= 0.6 is 0 Å². The van der Waals surface area contributed by atoms with Crippen molar-refractivity contribution in [3.05, 3.63) is 0 Å². The lowest BCUT2D eigenvalue weighted by Crippen LogP contribution is -2.21. The van der Waals surface area contributed by atoms with Crippen LogP contribution in [0.3, 0.4) is 0 Å². The van der Waals surface area contributed by atoms with Crippen LogP contribution < -0.4 is 0 Å². The molecule has 0 amide bonds. The molecule has 0 saturated heterocycles. The Morgan fingerprint density at radius 2 is 2.36 bits per heavy atom. The van der Waals surface area contributed by atoms with Gasteiger partial charge in [0.2, 0.25) is 0 Å². The van der Waals surface area contributed by atoms with Crippen LogP contribution in [0.2, 0.25) is 0 Å². The maximum absolute atomic E-state index is 11.4. The maximum atomic E-state index is 11.4. The van der Waals surface area contributed by atoms with Crippen molar-refractivity contribution in [3.63, 3.8) is 0 Å². The van der Waals surface area contributed by atoms with Gasteiger partial charge in [0.25, 0.3) is 0 Å². The predicted octanol–water partition coefficient (Wildman–Crippen LogP) is 1.39. The highest BCUT2D eigenvalue weighted by atomic mass is 16.5. The largest absolute Gasteiger partial charge is 0.378 e. The van der Waals surface area contributed by atoms with Gasteiger partial charge < -0.3 is 4.74 Å². The smallest absolute Gasteiger partial charge is 0.141 e. The Hall–Kier alpha value is -0.370. The highest BCUT2D eigenvalue weighted by Gasteiger charge is 2.47. The fourth-order valence-corrected chi connectivity index (χ4v) is 2.41. The zero-order valence-electron chi connectivity index (χ0n) is 6.88. The average Bonchev–Trinajstić information content (AvgIpc) is 2.47. The molecule has 3 atom stereocenters. The number of fused-ring (bicyclic) bond motifs is 2. The lowest BCUT2D eigenvalue weighted by molar-refractivity contribution is -0.122. The zero-order chi connectivity index (χ0) is 7.84. The summed E-state index contributed by atoms with van der Waals surface area (Å²) in [6, 6.07) is 0. The minimum atomic E-state index is 0.264. The van der Waals surface area contributed by atoms with E-state index in [0.717, 1.165) is 25.9 Å². The van der Waals surface area contributed by atoms with Crippen molar-refractivity contribution in [3.8, 4) is 0 Å². The fourth-order valence-electron chi connectivity index (χ4n) is 2.41. The highest BCUT2D eigenvalue weighted by Crippen LogP contribution is 2.42. The highest BCUT2D eigenvalue weighted by molar-refractivity contribution is 5.88. The van der Waals surface area contributed by atoms with E-state index in [0.29, 0.717) is 11.7 Å². The molecule has 0 aliphatic heterocycles. The SMILES string of the molecule is CCO[C@H]1C[C@H]2CC[C@@H]1C2=O. The van der Waals surface area contributed by atoms with E-state index >= 15 is 0 Å². The summed E-state index contributed by atoms with van der Waals surface area (Å²) >= 11 is 0. The van der Waals surface area contributed by atoms with Gasteiger partial charge in [0.1, 0.15) is 5.78 Å². The lowest BCUT2D eigenvalue weighted by Gasteiger charge is -2.19. The molecule has 2 heteroatoms. The Labute approximate surface area is 66.9 Å². The number of hydrogen-bond acceptors (Lipinski definition) is 2. The van der Waals surface area contributed by atoms with Gasteiger partial charge in [-0.25, -0.2) is 0 Å². The molecule has 2 fully saturated rings.